The fourth-order valence-corrected chi connectivity index (χ4v) is 5.76. The van der Waals surface area contributed by atoms with E-state index in [9.17, 15) is 40.9 Å². The van der Waals surface area contributed by atoms with Crippen LogP contribution < -0.4 is 0 Å². The Morgan fingerprint density at radius 2 is 1.47 bits per heavy atom. The Hall–Kier alpha value is -0.440. The first-order valence-electron chi connectivity index (χ1n) is 11.5. The average Bonchev–Trinajstić information content (AvgIpc) is 2.76. The van der Waals surface area contributed by atoms with E-state index in [0.29, 0.717) is 25.7 Å². The minimum absolute atomic E-state index is 0.180. The van der Waals surface area contributed by atoms with Crippen molar-refractivity contribution in [1.82, 2.24) is 0 Å². The molecule has 2 aliphatic heterocycles. The predicted octanol–water partition coefficient (Wildman–Crippen LogP) is -3.02. The molecule has 2 saturated carbocycles. The smallest absolute Gasteiger partial charge is 0.187 e. The molecule has 0 bridgehead atoms. The molecule has 9 unspecified atom stereocenters. The number of fused-ring (bicyclic) bond motifs is 1. The van der Waals surface area contributed by atoms with Crippen LogP contribution in [-0.4, -0.2) is 121 Å². The minimum atomic E-state index is -1.58. The molecule has 0 spiro atoms. The number of aliphatic hydroxyl groups is 8. The molecule has 8 N–H and O–H groups in total. The van der Waals surface area contributed by atoms with Crippen molar-refractivity contribution in [2.45, 2.75) is 112 Å². The second kappa shape index (κ2) is 10.0. The van der Waals surface area contributed by atoms with Crippen molar-refractivity contribution < 1.29 is 55.1 Å². The van der Waals surface area contributed by atoms with Crippen LogP contribution in [0.1, 0.15) is 38.5 Å². The van der Waals surface area contributed by atoms with Gasteiger partial charge in [-0.1, -0.05) is 0 Å². The third-order valence-corrected chi connectivity index (χ3v) is 7.64. The van der Waals surface area contributed by atoms with Crippen molar-refractivity contribution in [1.29, 1.82) is 0 Å². The van der Waals surface area contributed by atoms with Crippen molar-refractivity contribution in [3.63, 3.8) is 0 Å². The molecule has 14 atom stereocenters. The molecule has 4 fully saturated rings. The van der Waals surface area contributed by atoms with E-state index in [2.05, 4.69) is 0 Å². The summed E-state index contributed by atoms with van der Waals surface area (Å²) >= 11 is 0. The van der Waals surface area contributed by atoms with Gasteiger partial charge in [-0.05, 0) is 44.4 Å². The fourth-order valence-electron chi connectivity index (χ4n) is 5.76. The van der Waals surface area contributed by atoms with Gasteiger partial charge in [-0.15, -0.1) is 0 Å². The summed E-state index contributed by atoms with van der Waals surface area (Å²) in [5.41, 5.74) is 0. The molecule has 4 aliphatic rings. The Labute approximate surface area is 186 Å². The lowest BCUT2D eigenvalue weighted by atomic mass is 9.72. The Kier molecular flexibility index (Phi) is 7.75. The zero-order chi connectivity index (χ0) is 23.2. The third kappa shape index (κ3) is 4.84. The highest BCUT2D eigenvalue weighted by Crippen LogP contribution is 2.43. The summed E-state index contributed by atoms with van der Waals surface area (Å²) in [6.07, 6.45) is -9.82. The van der Waals surface area contributed by atoms with Crippen LogP contribution in [0.5, 0.6) is 0 Å². The topological polar surface area (TPSA) is 190 Å². The maximum absolute atomic E-state index is 10.5. The van der Waals surface area contributed by atoms with Gasteiger partial charge >= 0.3 is 0 Å². The number of hydrogen-bond donors (Lipinski definition) is 8. The lowest BCUT2D eigenvalue weighted by molar-refractivity contribution is -0.333. The molecule has 32 heavy (non-hydrogen) atoms. The first-order valence-corrected chi connectivity index (χ1v) is 11.5. The molecule has 0 aromatic heterocycles. The summed E-state index contributed by atoms with van der Waals surface area (Å²) in [7, 11) is 0. The summed E-state index contributed by atoms with van der Waals surface area (Å²) in [5.74, 6) is -0.496. The van der Waals surface area contributed by atoms with Crippen molar-refractivity contribution in [3.05, 3.63) is 0 Å². The van der Waals surface area contributed by atoms with Crippen molar-refractivity contribution in [2.75, 3.05) is 6.61 Å². The van der Waals surface area contributed by atoms with Crippen molar-refractivity contribution in [3.8, 4) is 0 Å². The highest BCUT2D eigenvalue weighted by Gasteiger charge is 2.51. The highest BCUT2D eigenvalue weighted by atomic mass is 16.7. The number of aliphatic hydroxyl groups excluding tert-OH is 8. The van der Waals surface area contributed by atoms with Crippen LogP contribution in [0.3, 0.4) is 0 Å². The molecule has 0 amide bonds. The fraction of sp³-hybridized carbons (Fsp3) is 1.00. The van der Waals surface area contributed by atoms with E-state index < -0.39 is 80.0 Å². The Balaban J connectivity index is 1.54. The van der Waals surface area contributed by atoms with Gasteiger partial charge in [0.25, 0.3) is 0 Å². The molecular formula is C21H36O11. The largest absolute Gasteiger partial charge is 0.394 e. The van der Waals surface area contributed by atoms with E-state index in [-0.39, 0.29) is 24.7 Å². The summed E-state index contributed by atoms with van der Waals surface area (Å²) in [6, 6.07) is 0. The predicted molar refractivity (Wildman–Crippen MR) is 106 cm³/mol. The summed E-state index contributed by atoms with van der Waals surface area (Å²) < 4.78 is 17.9. The average molecular weight is 465 g/mol. The normalized spacial score (nSPS) is 54.8. The van der Waals surface area contributed by atoms with E-state index >= 15 is 0 Å². The van der Waals surface area contributed by atoms with E-state index in [1.807, 2.05) is 0 Å². The van der Waals surface area contributed by atoms with Gasteiger partial charge in [0.2, 0.25) is 0 Å². The lowest BCUT2D eigenvalue weighted by Gasteiger charge is -2.51. The van der Waals surface area contributed by atoms with Crippen LogP contribution in [0, 0.1) is 11.8 Å². The molecule has 2 heterocycles. The van der Waals surface area contributed by atoms with E-state index in [4.69, 9.17) is 14.2 Å². The number of rotatable bonds is 4. The van der Waals surface area contributed by atoms with Crippen LogP contribution >= 0.6 is 0 Å². The molecular weight excluding hydrogens is 428 g/mol. The molecule has 11 heteroatoms. The Morgan fingerprint density at radius 1 is 0.719 bits per heavy atom. The molecule has 0 radical (unpaired) electrons. The van der Waals surface area contributed by atoms with E-state index in [1.54, 1.807) is 0 Å². The molecule has 11 nitrogen and oxygen atoms in total. The van der Waals surface area contributed by atoms with Crippen LogP contribution in [-0.2, 0) is 14.2 Å². The zero-order valence-electron chi connectivity index (χ0n) is 17.8. The summed E-state index contributed by atoms with van der Waals surface area (Å²) in [6.45, 7) is -0.580. The SMILES string of the molecule is OC[C@@H]1O[C@H](OC2CC3C(O)CC(O)CC3OC2C2CCC(O)C(O)C2)[C@H](O)[C@@H](O)[C@@H]1O. The number of ether oxygens (including phenoxy) is 3. The first-order chi connectivity index (χ1) is 15.2. The van der Waals surface area contributed by atoms with E-state index in [0.717, 1.165) is 0 Å². The van der Waals surface area contributed by atoms with Crippen LogP contribution in [0.25, 0.3) is 0 Å². The standard InChI is InChI=1S/C21H36O11/c22-7-16-17(27)18(28)19(29)21(32-16)31-15-6-10-12(25)4-9(23)5-14(10)30-20(15)8-1-2-11(24)13(26)3-8/h8-29H,1-7H2/t8?,9?,10?,11?,12?,13?,14?,15?,16-,17+,18-,19+,20?,21-/m0/s1. The maximum atomic E-state index is 10.5. The van der Waals surface area contributed by atoms with Gasteiger partial charge in [0, 0.05) is 5.92 Å². The third-order valence-electron chi connectivity index (χ3n) is 7.64. The van der Waals surface area contributed by atoms with Gasteiger partial charge in [-0.3, -0.25) is 0 Å². The summed E-state index contributed by atoms with van der Waals surface area (Å²) in [4.78, 5) is 0. The molecule has 0 aromatic carbocycles. The lowest BCUT2D eigenvalue weighted by Crippen LogP contribution is -2.62. The molecule has 2 aliphatic carbocycles. The second-order valence-corrected chi connectivity index (χ2v) is 9.81. The van der Waals surface area contributed by atoms with Gasteiger partial charge in [0.1, 0.15) is 24.4 Å². The summed E-state index contributed by atoms with van der Waals surface area (Å²) in [5, 5.41) is 80.7. The second-order valence-electron chi connectivity index (χ2n) is 9.81. The molecule has 186 valence electrons. The van der Waals surface area contributed by atoms with Crippen LogP contribution in [0.4, 0.5) is 0 Å². The quantitative estimate of drug-likeness (QED) is 0.211. The van der Waals surface area contributed by atoms with Gasteiger partial charge in [-0.2, -0.15) is 0 Å². The molecule has 4 rings (SSSR count). The Morgan fingerprint density at radius 3 is 2.16 bits per heavy atom. The van der Waals surface area contributed by atoms with Gasteiger partial charge in [0.15, 0.2) is 6.29 Å². The maximum Gasteiger partial charge on any atom is 0.187 e. The number of hydrogen-bond acceptors (Lipinski definition) is 11. The first kappa shape index (κ1) is 24.7. The monoisotopic (exact) mass is 464 g/mol. The van der Waals surface area contributed by atoms with Crippen molar-refractivity contribution in [2.24, 2.45) is 11.8 Å². The van der Waals surface area contributed by atoms with Crippen molar-refractivity contribution >= 4 is 0 Å². The molecule has 2 saturated heterocycles. The van der Waals surface area contributed by atoms with Gasteiger partial charge in [0.05, 0.1) is 49.3 Å². The van der Waals surface area contributed by atoms with E-state index in [1.165, 1.54) is 0 Å². The van der Waals surface area contributed by atoms with Crippen LogP contribution in [0.2, 0.25) is 0 Å². The van der Waals surface area contributed by atoms with Gasteiger partial charge in [-0.25, -0.2) is 0 Å². The van der Waals surface area contributed by atoms with Gasteiger partial charge < -0.3 is 55.1 Å². The minimum Gasteiger partial charge on any atom is -0.394 e. The highest BCUT2D eigenvalue weighted by molar-refractivity contribution is 4.99. The Bertz CT molecular complexity index is 621. The molecule has 0 aromatic rings. The zero-order valence-corrected chi connectivity index (χ0v) is 17.8. The van der Waals surface area contributed by atoms with Crippen LogP contribution in [0.15, 0.2) is 0 Å².